The molecule has 0 aliphatic heterocycles. The normalized spacial score (nSPS) is 10.9. The van der Waals surface area contributed by atoms with Crippen molar-refractivity contribution in [3.05, 3.63) is 17.3 Å². The molecule has 0 spiro atoms. The number of amides is 1. The van der Waals surface area contributed by atoms with Crippen LogP contribution in [0.5, 0.6) is 0 Å². The Kier molecular flexibility index (Phi) is 9.03. The van der Waals surface area contributed by atoms with Crippen molar-refractivity contribution in [2.75, 3.05) is 44.9 Å². The van der Waals surface area contributed by atoms with E-state index < -0.39 is 5.60 Å². The van der Waals surface area contributed by atoms with Crippen LogP contribution in [0.3, 0.4) is 0 Å². The van der Waals surface area contributed by atoms with Gasteiger partial charge >= 0.3 is 6.09 Å². The number of rotatable bonds is 5. The predicted molar refractivity (Wildman–Crippen MR) is 116 cm³/mol. The van der Waals surface area contributed by atoms with Crippen molar-refractivity contribution in [2.45, 2.75) is 47.1 Å². The number of likely N-dealkylation sites (N-methyl/N-ethyl adjacent to an activating group) is 1. The van der Waals surface area contributed by atoms with Gasteiger partial charge in [-0.15, -0.1) is 0 Å². The minimum Gasteiger partial charge on any atom is -0.444 e. The van der Waals surface area contributed by atoms with E-state index in [0.717, 1.165) is 16.6 Å². The van der Waals surface area contributed by atoms with Gasteiger partial charge in [-0.3, -0.25) is 0 Å². The number of ether oxygens (including phenoxy) is 2. The second kappa shape index (κ2) is 10.8. The second-order valence-corrected chi connectivity index (χ2v) is 7.51. The summed E-state index contributed by atoms with van der Waals surface area (Å²) in [7, 11) is 3.37. The number of nitrogens with zero attached hydrogens (tertiary/aromatic N) is 4. The van der Waals surface area contributed by atoms with Gasteiger partial charge in [0.2, 0.25) is 5.95 Å². The third-order valence-corrected chi connectivity index (χ3v) is 3.84. The number of nitrogen functional groups attached to an aromatic ring is 1. The van der Waals surface area contributed by atoms with Gasteiger partial charge in [0.1, 0.15) is 11.4 Å². The summed E-state index contributed by atoms with van der Waals surface area (Å²) in [6, 6.07) is 1.97. The molecule has 0 saturated heterocycles. The molecule has 3 N–H and O–H groups in total. The highest BCUT2D eigenvalue weighted by molar-refractivity contribution is 5.89. The van der Waals surface area contributed by atoms with Gasteiger partial charge in [0.05, 0.1) is 12.0 Å². The van der Waals surface area contributed by atoms with Crippen LogP contribution in [0.15, 0.2) is 6.07 Å². The number of carbonyl (C=O) groups is 1. The van der Waals surface area contributed by atoms with Crippen molar-refractivity contribution < 1.29 is 14.3 Å². The summed E-state index contributed by atoms with van der Waals surface area (Å²) < 4.78 is 10.1. The van der Waals surface area contributed by atoms with Gasteiger partial charge in [0, 0.05) is 32.9 Å². The molecule has 29 heavy (non-hydrogen) atoms. The van der Waals surface area contributed by atoms with Crippen LogP contribution in [0.4, 0.5) is 16.6 Å². The third kappa shape index (κ3) is 7.69. The Morgan fingerprint density at radius 3 is 2.41 bits per heavy atom. The lowest BCUT2D eigenvalue weighted by atomic mass is 10.1. The summed E-state index contributed by atoms with van der Waals surface area (Å²) in [6.07, 6.45) is -0.281. The van der Waals surface area contributed by atoms with E-state index in [1.807, 2.05) is 47.6 Å². The molecular weight excluding hydrogens is 372 g/mol. The van der Waals surface area contributed by atoms with Gasteiger partial charge in [-0.25, -0.2) is 9.78 Å². The summed E-state index contributed by atoms with van der Waals surface area (Å²) in [5, 5.41) is 3.69. The first kappa shape index (κ1) is 24.4. The van der Waals surface area contributed by atoms with E-state index in [1.54, 1.807) is 19.1 Å². The van der Waals surface area contributed by atoms with E-state index in [-0.39, 0.29) is 6.09 Å². The van der Waals surface area contributed by atoms with Crippen molar-refractivity contribution >= 4 is 28.9 Å². The molecule has 0 atom stereocenters. The van der Waals surface area contributed by atoms with Crippen molar-refractivity contribution in [2.24, 2.45) is 0 Å². The molecule has 0 bridgehead atoms. The zero-order chi connectivity index (χ0) is 22.2. The SMILES string of the molecule is CCN(CCOC)C(=O)OC(C)(C)C.CNc1nc(N)c2c(C)cc(C)nc2n1. The molecule has 0 aliphatic rings. The number of hydrogen-bond acceptors (Lipinski definition) is 8. The Balaban J connectivity index is 0.000000291. The maximum Gasteiger partial charge on any atom is 0.410 e. The predicted octanol–water partition coefficient (Wildman–Crippen LogP) is 3.16. The average Bonchev–Trinajstić information content (AvgIpc) is 2.60. The number of pyridine rings is 1. The van der Waals surface area contributed by atoms with Crippen LogP contribution in [-0.4, -0.2) is 65.4 Å². The Morgan fingerprint density at radius 2 is 1.90 bits per heavy atom. The van der Waals surface area contributed by atoms with Crippen molar-refractivity contribution in [3.63, 3.8) is 0 Å². The van der Waals surface area contributed by atoms with Crippen molar-refractivity contribution in [1.82, 2.24) is 19.9 Å². The summed E-state index contributed by atoms with van der Waals surface area (Å²) in [5.41, 5.74) is 8.05. The lowest BCUT2D eigenvalue weighted by Crippen LogP contribution is -2.38. The van der Waals surface area contributed by atoms with Gasteiger partial charge in [-0.2, -0.15) is 9.97 Å². The maximum atomic E-state index is 11.5. The fourth-order valence-corrected chi connectivity index (χ4v) is 2.53. The highest BCUT2D eigenvalue weighted by Crippen LogP contribution is 2.22. The van der Waals surface area contributed by atoms with Crippen LogP contribution in [-0.2, 0) is 9.47 Å². The topological polar surface area (TPSA) is 115 Å². The van der Waals surface area contributed by atoms with Gasteiger partial charge in [0.15, 0.2) is 5.65 Å². The lowest BCUT2D eigenvalue weighted by Gasteiger charge is -2.26. The van der Waals surface area contributed by atoms with Crippen molar-refractivity contribution in [1.29, 1.82) is 0 Å². The molecule has 2 aromatic rings. The van der Waals surface area contributed by atoms with Crippen LogP contribution >= 0.6 is 0 Å². The smallest absolute Gasteiger partial charge is 0.410 e. The van der Waals surface area contributed by atoms with Crippen LogP contribution < -0.4 is 11.1 Å². The highest BCUT2D eigenvalue weighted by Gasteiger charge is 2.20. The number of nitrogens with two attached hydrogens (primary N) is 1. The Bertz CT molecular complexity index is 820. The molecule has 0 aliphatic carbocycles. The monoisotopic (exact) mass is 406 g/mol. The Labute approximate surface area is 173 Å². The summed E-state index contributed by atoms with van der Waals surface area (Å²) in [6.45, 7) is 13.1. The first-order valence-electron chi connectivity index (χ1n) is 9.58. The minimum absolute atomic E-state index is 0.281. The molecule has 0 unspecified atom stereocenters. The molecule has 2 rings (SSSR count). The van der Waals surface area contributed by atoms with Crippen LogP contribution in [0, 0.1) is 13.8 Å². The molecule has 0 aromatic carbocycles. The van der Waals surface area contributed by atoms with Crippen LogP contribution in [0.25, 0.3) is 11.0 Å². The molecule has 0 saturated carbocycles. The van der Waals surface area contributed by atoms with E-state index in [1.165, 1.54) is 0 Å². The lowest BCUT2D eigenvalue weighted by molar-refractivity contribution is 0.0213. The second-order valence-electron chi connectivity index (χ2n) is 7.51. The van der Waals surface area contributed by atoms with Crippen LogP contribution in [0.1, 0.15) is 39.0 Å². The van der Waals surface area contributed by atoms with E-state index >= 15 is 0 Å². The standard InChI is InChI=1S/C10H13N5.C10H21NO3/c1-5-4-6(2)13-9-7(5)8(11)14-10(12-3)15-9;1-6-11(7-8-13-5)9(12)14-10(2,3)4/h4H,1-3H3,(H3,11,12,13,14,15);6-8H2,1-5H3. The quantitative estimate of drug-likeness (QED) is 0.778. The summed E-state index contributed by atoms with van der Waals surface area (Å²) >= 11 is 0. The van der Waals surface area contributed by atoms with Gasteiger partial charge in [-0.1, -0.05) is 0 Å². The van der Waals surface area contributed by atoms with Gasteiger partial charge in [0.25, 0.3) is 0 Å². The van der Waals surface area contributed by atoms with Gasteiger partial charge < -0.3 is 25.4 Å². The first-order chi connectivity index (χ1) is 13.5. The average molecular weight is 407 g/mol. The number of fused-ring (bicyclic) bond motifs is 1. The van der Waals surface area contributed by atoms with E-state index in [4.69, 9.17) is 15.2 Å². The molecule has 1 amide bonds. The van der Waals surface area contributed by atoms with E-state index in [2.05, 4.69) is 20.3 Å². The van der Waals surface area contributed by atoms with Gasteiger partial charge in [-0.05, 0) is 53.2 Å². The largest absolute Gasteiger partial charge is 0.444 e. The summed E-state index contributed by atoms with van der Waals surface area (Å²) in [5.74, 6) is 0.965. The number of nitrogens with one attached hydrogen (secondary N) is 1. The summed E-state index contributed by atoms with van der Waals surface area (Å²) in [4.78, 5) is 25.9. The number of anilines is 2. The number of aryl methyl sites for hydroxylation is 2. The Morgan fingerprint density at radius 1 is 1.24 bits per heavy atom. The van der Waals surface area contributed by atoms with Crippen molar-refractivity contribution in [3.8, 4) is 0 Å². The number of carbonyl (C=O) groups excluding carboxylic acids is 1. The molecule has 0 radical (unpaired) electrons. The number of methoxy groups -OCH3 is 1. The fourth-order valence-electron chi connectivity index (χ4n) is 2.53. The molecule has 9 heteroatoms. The van der Waals surface area contributed by atoms with E-state index in [0.29, 0.717) is 37.1 Å². The minimum atomic E-state index is -0.433. The molecule has 2 heterocycles. The fraction of sp³-hybridized carbons (Fsp3) is 0.600. The molecule has 9 nitrogen and oxygen atoms in total. The number of aromatic nitrogens is 3. The molecule has 2 aromatic heterocycles. The van der Waals surface area contributed by atoms with E-state index in [9.17, 15) is 4.79 Å². The molecule has 162 valence electrons. The van der Waals surface area contributed by atoms with Crippen LogP contribution in [0.2, 0.25) is 0 Å². The molecule has 0 fully saturated rings. The highest BCUT2D eigenvalue weighted by atomic mass is 16.6. The molecular formula is C20H34N6O3. The third-order valence-electron chi connectivity index (χ3n) is 3.84. The number of hydrogen-bond donors (Lipinski definition) is 2. The first-order valence-corrected chi connectivity index (χ1v) is 9.58. The zero-order valence-electron chi connectivity index (χ0n) is 18.8. The maximum absolute atomic E-state index is 11.5. The Hall–Kier alpha value is -2.68. The zero-order valence-corrected chi connectivity index (χ0v) is 18.8.